The molecule has 1 saturated heterocycles. The third-order valence-electron chi connectivity index (χ3n) is 3.10. The molecule has 1 heterocycles. The Morgan fingerprint density at radius 2 is 2.00 bits per heavy atom. The number of nitrogens with one attached hydrogen (secondary N) is 1. The maximum atomic E-state index is 11.8. The molecule has 0 aliphatic carbocycles. The second-order valence-corrected chi connectivity index (χ2v) is 4.39. The Hall–Kier alpha value is -1.26. The van der Waals surface area contributed by atoms with Crippen LogP contribution < -0.4 is 5.32 Å². The Morgan fingerprint density at radius 3 is 2.53 bits per heavy atom. The first-order valence-corrected chi connectivity index (χ1v) is 6.29. The molecule has 1 aliphatic heterocycles. The Morgan fingerprint density at radius 1 is 1.35 bits per heavy atom. The van der Waals surface area contributed by atoms with Crippen molar-refractivity contribution < 1.29 is 14.3 Å². The van der Waals surface area contributed by atoms with Crippen LogP contribution in [-0.4, -0.2) is 43.1 Å². The van der Waals surface area contributed by atoms with E-state index in [9.17, 15) is 9.59 Å². The van der Waals surface area contributed by atoms with Gasteiger partial charge in [-0.25, -0.2) is 4.79 Å². The number of ether oxygens (including phenoxy) is 1. The van der Waals surface area contributed by atoms with E-state index >= 15 is 0 Å². The van der Waals surface area contributed by atoms with Crippen molar-refractivity contribution >= 4 is 12.0 Å². The van der Waals surface area contributed by atoms with Crippen LogP contribution in [0.2, 0.25) is 0 Å². The van der Waals surface area contributed by atoms with E-state index in [4.69, 9.17) is 0 Å². The molecule has 0 atom stereocenters. The quantitative estimate of drug-likeness (QED) is 0.813. The van der Waals surface area contributed by atoms with Crippen LogP contribution in [0.3, 0.4) is 0 Å². The highest BCUT2D eigenvalue weighted by molar-refractivity contribution is 5.76. The summed E-state index contributed by atoms with van der Waals surface area (Å²) in [6.07, 6.45) is 3.89. The van der Waals surface area contributed by atoms with Gasteiger partial charge >= 0.3 is 6.09 Å². The van der Waals surface area contributed by atoms with E-state index in [0.717, 1.165) is 38.8 Å². The van der Waals surface area contributed by atoms with E-state index < -0.39 is 0 Å². The van der Waals surface area contributed by atoms with Gasteiger partial charge in [0.05, 0.1) is 7.11 Å². The number of hydrogen-bond donors (Lipinski definition) is 1. The minimum Gasteiger partial charge on any atom is -0.453 e. The van der Waals surface area contributed by atoms with Crippen molar-refractivity contribution in [1.29, 1.82) is 0 Å². The van der Waals surface area contributed by atoms with Crippen molar-refractivity contribution in [1.82, 2.24) is 10.2 Å². The molecule has 0 spiro atoms. The number of carbonyl (C=O) groups excluding carboxylic acids is 2. The maximum Gasteiger partial charge on any atom is 0.407 e. The summed E-state index contributed by atoms with van der Waals surface area (Å²) in [6.45, 7) is 3.55. The van der Waals surface area contributed by atoms with E-state index in [1.54, 1.807) is 0 Å². The first-order valence-electron chi connectivity index (χ1n) is 6.29. The number of methoxy groups -OCH3 is 1. The van der Waals surface area contributed by atoms with E-state index in [0.29, 0.717) is 6.42 Å². The highest BCUT2D eigenvalue weighted by atomic mass is 16.5. The van der Waals surface area contributed by atoms with Crippen molar-refractivity contribution in [2.75, 3.05) is 20.2 Å². The number of unbranched alkanes of at least 4 members (excludes halogenated alkanes) is 1. The van der Waals surface area contributed by atoms with Gasteiger partial charge in [0.2, 0.25) is 5.91 Å². The van der Waals surface area contributed by atoms with Gasteiger partial charge in [-0.15, -0.1) is 0 Å². The fraction of sp³-hybridized carbons (Fsp3) is 0.833. The maximum absolute atomic E-state index is 11.8. The largest absolute Gasteiger partial charge is 0.453 e. The molecule has 1 rings (SSSR count). The van der Waals surface area contributed by atoms with Gasteiger partial charge < -0.3 is 15.0 Å². The molecule has 0 bridgehead atoms. The number of alkyl carbamates (subject to hydrolysis) is 1. The number of amides is 2. The van der Waals surface area contributed by atoms with Gasteiger partial charge in [-0.3, -0.25) is 4.79 Å². The molecular weight excluding hydrogens is 220 g/mol. The zero-order chi connectivity index (χ0) is 12.7. The molecule has 0 unspecified atom stereocenters. The summed E-state index contributed by atoms with van der Waals surface area (Å²) in [5.41, 5.74) is 0. The molecule has 5 nitrogen and oxygen atoms in total. The smallest absolute Gasteiger partial charge is 0.407 e. The van der Waals surface area contributed by atoms with E-state index in [-0.39, 0.29) is 18.0 Å². The molecule has 2 amide bonds. The summed E-state index contributed by atoms with van der Waals surface area (Å²) in [6, 6.07) is 0.137. The fourth-order valence-corrected chi connectivity index (χ4v) is 1.98. The SMILES string of the molecule is CCCCC(=O)N1CCC(NC(=O)OC)CC1. The van der Waals surface area contributed by atoms with E-state index in [2.05, 4.69) is 17.0 Å². The lowest BCUT2D eigenvalue weighted by Crippen LogP contribution is -2.46. The number of nitrogens with zero attached hydrogens (tertiary/aromatic N) is 1. The minimum atomic E-state index is -0.388. The molecule has 1 aliphatic rings. The normalized spacial score (nSPS) is 16.7. The van der Waals surface area contributed by atoms with E-state index in [1.807, 2.05) is 4.90 Å². The Labute approximate surface area is 102 Å². The van der Waals surface area contributed by atoms with Crippen LogP contribution >= 0.6 is 0 Å². The summed E-state index contributed by atoms with van der Waals surface area (Å²) in [5, 5.41) is 2.77. The number of carbonyl (C=O) groups is 2. The monoisotopic (exact) mass is 242 g/mol. The zero-order valence-electron chi connectivity index (χ0n) is 10.7. The lowest BCUT2D eigenvalue weighted by Gasteiger charge is -2.32. The fourth-order valence-electron chi connectivity index (χ4n) is 1.98. The molecule has 0 saturated carbocycles. The van der Waals surface area contributed by atoms with Crippen molar-refractivity contribution in [3.05, 3.63) is 0 Å². The minimum absolute atomic E-state index is 0.137. The Kier molecular flexibility index (Phi) is 5.80. The van der Waals surface area contributed by atoms with Crippen LogP contribution in [0.15, 0.2) is 0 Å². The average Bonchev–Trinajstić information content (AvgIpc) is 2.36. The zero-order valence-corrected chi connectivity index (χ0v) is 10.7. The Balaban J connectivity index is 2.25. The van der Waals surface area contributed by atoms with Crippen LogP contribution in [0.4, 0.5) is 4.79 Å². The topological polar surface area (TPSA) is 58.6 Å². The second-order valence-electron chi connectivity index (χ2n) is 4.39. The van der Waals surface area contributed by atoms with Crippen LogP contribution in [0.1, 0.15) is 39.0 Å². The highest BCUT2D eigenvalue weighted by Crippen LogP contribution is 2.12. The molecule has 0 radical (unpaired) electrons. The van der Waals surface area contributed by atoms with Crippen LogP contribution in [0.25, 0.3) is 0 Å². The third-order valence-corrected chi connectivity index (χ3v) is 3.10. The first-order chi connectivity index (χ1) is 8.17. The highest BCUT2D eigenvalue weighted by Gasteiger charge is 2.23. The third kappa shape index (κ3) is 4.63. The van der Waals surface area contributed by atoms with Gasteiger partial charge in [-0.05, 0) is 19.3 Å². The van der Waals surface area contributed by atoms with Gasteiger partial charge in [0.25, 0.3) is 0 Å². The predicted octanol–water partition coefficient (Wildman–Crippen LogP) is 1.52. The average molecular weight is 242 g/mol. The molecule has 1 N–H and O–H groups in total. The summed E-state index contributed by atoms with van der Waals surface area (Å²) in [4.78, 5) is 24.7. The van der Waals surface area contributed by atoms with E-state index in [1.165, 1.54) is 7.11 Å². The molecule has 0 aromatic rings. The standard InChI is InChI=1S/C12H22N2O3/c1-3-4-5-11(15)14-8-6-10(7-9-14)13-12(16)17-2/h10H,3-9H2,1-2H3,(H,13,16). The van der Waals surface area contributed by atoms with Gasteiger partial charge in [0.15, 0.2) is 0 Å². The summed E-state index contributed by atoms with van der Waals surface area (Å²) in [5.74, 6) is 0.239. The summed E-state index contributed by atoms with van der Waals surface area (Å²) in [7, 11) is 1.36. The van der Waals surface area contributed by atoms with Gasteiger partial charge in [0, 0.05) is 25.6 Å². The lowest BCUT2D eigenvalue weighted by molar-refractivity contribution is -0.132. The number of rotatable bonds is 4. The van der Waals surface area contributed by atoms with Crippen LogP contribution in [-0.2, 0) is 9.53 Å². The summed E-state index contributed by atoms with van der Waals surface area (Å²) < 4.78 is 4.55. The molecule has 98 valence electrons. The second kappa shape index (κ2) is 7.14. The first kappa shape index (κ1) is 13.8. The van der Waals surface area contributed by atoms with Crippen molar-refractivity contribution in [3.8, 4) is 0 Å². The number of likely N-dealkylation sites (tertiary alicyclic amines) is 1. The number of hydrogen-bond acceptors (Lipinski definition) is 3. The molecule has 0 aromatic carbocycles. The Bertz CT molecular complexity index is 260. The molecule has 17 heavy (non-hydrogen) atoms. The van der Waals surface area contributed by atoms with Crippen molar-refractivity contribution in [3.63, 3.8) is 0 Å². The van der Waals surface area contributed by atoms with Gasteiger partial charge in [-0.1, -0.05) is 13.3 Å². The number of piperidine rings is 1. The van der Waals surface area contributed by atoms with Crippen molar-refractivity contribution in [2.24, 2.45) is 0 Å². The van der Waals surface area contributed by atoms with Crippen LogP contribution in [0.5, 0.6) is 0 Å². The molecule has 0 aromatic heterocycles. The lowest BCUT2D eigenvalue weighted by atomic mass is 10.0. The predicted molar refractivity (Wildman–Crippen MR) is 64.7 cm³/mol. The van der Waals surface area contributed by atoms with Gasteiger partial charge in [-0.2, -0.15) is 0 Å². The van der Waals surface area contributed by atoms with Crippen molar-refractivity contribution in [2.45, 2.75) is 45.1 Å². The molecule has 1 fully saturated rings. The van der Waals surface area contributed by atoms with Crippen LogP contribution in [0, 0.1) is 0 Å². The van der Waals surface area contributed by atoms with Gasteiger partial charge in [0.1, 0.15) is 0 Å². The molecule has 5 heteroatoms. The molecular formula is C12H22N2O3. The summed E-state index contributed by atoms with van der Waals surface area (Å²) >= 11 is 0.